The number of hydrogen-bond acceptors (Lipinski definition) is 8. The number of nitrogens with one attached hydrogen (secondary N) is 1. The van der Waals surface area contributed by atoms with Crippen molar-refractivity contribution in [1.82, 2.24) is 5.32 Å². The minimum Gasteiger partial charge on any atom is -0.374 e. The number of nitriles is 2. The lowest BCUT2D eigenvalue weighted by molar-refractivity contribution is -0.697. The molecule has 0 bridgehead atoms. The van der Waals surface area contributed by atoms with Gasteiger partial charge < -0.3 is 15.1 Å². The molecule has 0 spiro atoms. The number of aryl methyl sites for hydroxylation is 2. The summed E-state index contributed by atoms with van der Waals surface area (Å²) in [5.41, 5.74) is 6.67. The summed E-state index contributed by atoms with van der Waals surface area (Å²) >= 11 is 0. The molecule has 9 nitrogen and oxygen atoms in total. The second-order valence-corrected chi connectivity index (χ2v) is 16.8. The Morgan fingerprint density at radius 2 is 1.02 bits per heavy atom. The highest BCUT2D eigenvalue weighted by molar-refractivity contribution is 8.76. The van der Waals surface area contributed by atoms with E-state index in [1.54, 1.807) is 21.6 Å². The fourth-order valence-corrected chi connectivity index (χ4v) is 7.98. The normalized spacial score (nSPS) is 11.0. The highest BCUT2D eigenvalue weighted by Crippen LogP contribution is 2.22. The fourth-order valence-electron chi connectivity index (χ4n) is 5.99. The summed E-state index contributed by atoms with van der Waals surface area (Å²) in [6.45, 7) is 3.69. The molecule has 1 amide bonds. The van der Waals surface area contributed by atoms with Gasteiger partial charge in [-0.15, -0.1) is 0 Å². The molecule has 1 N–H and O–H groups in total. The highest BCUT2D eigenvalue weighted by atomic mass is 33.1. The number of aromatic nitrogens is 2. The van der Waals surface area contributed by atoms with Gasteiger partial charge >= 0.3 is 0 Å². The number of ketones is 1. The van der Waals surface area contributed by atoms with Crippen molar-refractivity contribution in [2.24, 2.45) is 0 Å². The molecule has 0 radical (unpaired) electrons. The van der Waals surface area contributed by atoms with Gasteiger partial charge in [-0.25, -0.2) is 9.13 Å². The maximum Gasteiger partial charge on any atom is 0.220 e. The number of nitrogens with zero attached hydrogens (tertiary/aromatic N) is 6. The van der Waals surface area contributed by atoms with Gasteiger partial charge in [0.25, 0.3) is 0 Å². The Bertz CT molecular complexity index is 1820. The number of anilines is 2. The maximum absolute atomic E-state index is 12.4. The van der Waals surface area contributed by atoms with Crippen molar-refractivity contribution in [2.75, 3.05) is 55.0 Å². The van der Waals surface area contributed by atoms with Crippen LogP contribution >= 0.6 is 21.6 Å². The third-order valence-electron chi connectivity index (χ3n) is 9.52. The van der Waals surface area contributed by atoms with E-state index < -0.39 is 0 Å². The van der Waals surface area contributed by atoms with Gasteiger partial charge in [0.05, 0.1) is 25.0 Å². The quantitative estimate of drug-likeness (QED) is 0.0383. The van der Waals surface area contributed by atoms with Crippen LogP contribution in [-0.4, -0.2) is 56.9 Å². The second-order valence-electron chi connectivity index (χ2n) is 14.1. The molecule has 2 aromatic carbocycles. The van der Waals surface area contributed by atoms with Crippen LogP contribution in [0, 0.1) is 22.7 Å². The zero-order valence-corrected chi connectivity index (χ0v) is 35.6. The number of carbonyl (C=O) groups is 2. The van der Waals surface area contributed by atoms with Crippen molar-refractivity contribution in [3.8, 4) is 12.1 Å². The summed E-state index contributed by atoms with van der Waals surface area (Å²) in [6, 6.07) is 29.3. The van der Waals surface area contributed by atoms with E-state index in [-0.39, 0.29) is 5.91 Å². The van der Waals surface area contributed by atoms with Gasteiger partial charge in [0.15, 0.2) is 24.8 Å². The van der Waals surface area contributed by atoms with E-state index in [2.05, 4.69) is 158 Å². The molecule has 58 heavy (non-hydrogen) atoms. The van der Waals surface area contributed by atoms with Crippen LogP contribution in [0.3, 0.4) is 0 Å². The summed E-state index contributed by atoms with van der Waals surface area (Å²) < 4.78 is 4.23. The van der Waals surface area contributed by atoms with Crippen LogP contribution in [0.2, 0.25) is 0 Å². The van der Waals surface area contributed by atoms with E-state index >= 15 is 0 Å². The monoisotopic (exact) mass is 815 g/mol. The van der Waals surface area contributed by atoms with Crippen molar-refractivity contribution in [1.29, 1.82) is 10.5 Å². The minimum absolute atomic E-state index is 0.0838. The molecule has 0 aliphatic rings. The molecule has 302 valence electrons. The predicted molar refractivity (Wildman–Crippen MR) is 242 cm³/mol. The summed E-state index contributed by atoms with van der Waals surface area (Å²) in [5.74, 6) is 2.18. The van der Waals surface area contributed by atoms with Gasteiger partial charge in [0.2, 0.25) is 5.91 Å². The van der Waals surface area contributed by atoms with Crippen LogP contribution in [0.15, 0.2) is 97.6 Å². The molecule has 2 aromatic heterocycles. The van der Waals surface area contributed by atoms with Crippen LogP contribution in [0.4, 0.5) is 11.4 Å². The largest absolute Gasteiger partial charge is 0.374 e. The van der Waals surface area contributed by atoms with E-state index in [1.807, 2.05) is 14.1 Å². The van der Waals surface area contributed by atoms with E-state index in [0.29, 0.717) is 44.4 Å². The molecular weight excluding hydrogens is 759 g/mol. The summed E-state index contributed by atoms with van der Waals surface area (Å²) in [7, 11) is 7.51. The molecule has 0 unspecified atom stereocenters. The second kappa shape index (κ2) is 26.5. The van der Waals surface area contributed by atoms with Crippen LogP contribution in [0.5, 0.6) is 0 Å². The van der Waals surface area contributed by atoms with Gasteiger partial charge in [0.1, 0.15) is 18.9 Å². The zero-order valence-electron chi connectivity index (χ0n) is 34.0. The average Bonchev–Trinajstić information content (AvgIpc) is 3.25. The molecule has 0 saturated heterocycles. The van der Waals surface area contributed by atoms with Crippen LogP contribution < -0.4 is 24.3 Å². The van der Waals surface area contributed by atoms with Crippen LogP contribution in [-0.2, 0) is 22.7 Å². The summed E-state index contributed by atoms with van der Waals surface area (Å²) in [4.78, 5) is 28.9. The first-order valence-corrected chi connectivity index (χ1v) is 22.6. The molecule has 0 saturated carbocycles. The first kappa shape index (κ1) is 45.3. The molecule has 4 rings (SSSR count). The van der Waals surface area contributed by atoms with Gasteiger partial charge in [-0.05, 0) is 52.9 Å². The first-order valence-electron chi connectivity index (χ1n) is 20.1. The third-order valence-corrected chi connectivity index (χ3v) is 12.0. The lowest BCUT2D eigenvalue weighted by atomic mass is 10.1. The Hall–Kier alpha value is -5.36. The van der Waals surface area contributed by atoms with Crippen molar-refractivity contribution < 1.29 is 18.7 Å². The van der Waals surface area contributed by atoms with Gasteiger partial charge in [0, 0.05) is 113 Å². The number of amides is 1. The van der Waals surface area contributed by atoms with E-state index in [0.717, 1.165) is 90.6 Å². The molecule has 0 fully saturated rings. The molecular formula is C47H57N7O2S2+2. The Labute approximate surface area is 353 Å². The van der Waals surface area contributed by atoms with Gasteiger partial charge in [-0.1, -0.05) is 70.2 Å². The van der Waals surface area contributed by atoms with E-state index in [1.165, 1.54) is 0 Å². The Morgan fingerprint density at radius 3 is 1.48 bits per heavy atom. The van der Waals surface area contributed by atoms with Gasteiger partial charge in [-0.3, -0.25) is 9.59 Å². The van der Waals surface area contributed by atoms with Crippen LogP contribution in [0.1, 0.15) is 73.6 Å². The fraction of sp³-hybridized carbons (Fsp3) is 0.362. The first-order chi connectivity index (χ1) is 28.3. The topological polar surface area (TPSA) is 108 Å². The Morgan fingerprint density at radius 1 is 0.603 bits per heavy atom. The van der Waals surface area contributed by atoms with Crippen molar-refractivity contribution in [2.45, 2.75) is 64.5 Å². The highest BCUT2D eigenvalue weighted by Gasteiger charge is 2.08. The number of pyridine rings is 2. The summed E-state index contributed by atoms with van der Waals surface area (Å²) in [6.07, 6.45) is 21.8. The SMILES string of the molecule is CN(CCC#N)c1ccc(/C=C/c2cc[n+](CCCC(=O)CCCSSCCNC(=O)CCC[n+]3ccc(/C=C/c4ccc(N(C)CCC#N)cc4)cc3)cc2)cc1. The lowest BCUT2D eigenvalue weighted by Crippen LogP contribution is -2.34. The average molecular weight is 816 g/mol. The number of Topliss-reactive ketones (excluding diaryl/α,β-unsaturated/α-hetero) is 1. The predicted octanol–water partition coefficient (Wildman–Crippen LogP) is 8.41. The maximum atomic E-state index is 12.4. The molecule has 4 aromatic rings. The molecule has 0 aliphatic carbocycles. The standard InChI is InChI=1S/C47H56N7O2S2/c1-51(30-6-27-48)44-19-15-40(16-20-44)11-13-42-23-34-53(35-24-42)32-3-8-46(55)9-5-38-57-58-39-29-50-47(56)10-4-33-54-36-25-43(26-37-54)14-12-41-17-21-45(22-18-41)52(2)31-7-28-49/h11-26,34-37H,3-10,29-33,38-39H2,1-2H3/q+1/p+1. The molecule has 11 heteroatoms. The van der Waals surface area contributed by atoms with Crippen molar-refractivity contribution in [3.05, 3.63) is 120 Å². The third kappa shape index (κ3) is 17.8. The van der Waals surface area contributed by atoms with Gasteiger partial charge in [-0.2, -0.15) is 10.5 Å². The molecule has 2 heterocycles. The van der Waals surface area contributed by atoms with Crippen LogP contribution in [0.25, 0.3) is 24.3 Å². The molecule has 0 aliphatic heterocycles. The molecule has 0 atom stereocenters. The summed E-state index contributed by atoms with van der Waals surface area (Å²) in [5, 5.41) is 20.6. The number of benzene rings is 2. The van der Waals surface area contributed by atoms with E-state index in [9.17, 15) is 9.59 Å². The number of carbonyl (C=O) groups excluding carboxylic acids is 2. The van der Waals surface area contributed by atoms with E-state index in [4.69, 9.17) is 10.5 Å². The van der Waals surface area contributed by atoms with Crippen molar-refractivity contribution >= 4 is 69.0 Å². The number of rotatable bonds is 26. The zero-order chi connectivity index (χ0) is 41.2. The lowest BCUT2D eigenvalue weighted by Gasteiger charge is -2.17. The van der Waals surface area contributed by atoms with Crippen molar-refractivity contribution in [3.63, 3.8) is 0 Å². The number of hydrogen-bond donors (Lipinski definition) is 1. The Kier molecular flexibility index (Phi) is 20.7. The minimum atomic E-state index is 0.0838. The Balaban J connectivity index is 0.973. The smallest absolute Gasteiger partial charge is 0.220 e.